The molecule has 0 radical (unpaired) electrons. The van der Waals surface area contributed by atoms with Crippen LogP contribution in [0.5, 0.6) is 11.5 Å². The van der Waals surface area contributed by atoms with E-state index in [-0.39, 0.29) is 5.75 Å². The van der Waals surface area contributed by atoms with Crippen LogP contribution in [0.1, 0.15) is 25.8 Å². The number of amides is 1. The van der Waals surface area contributed by atoms with Crippen molar-refractivity contribution in [3.63, 3.8) is 0 Å². The molecule has 9 heteroatoms. The van der Waals surface area contributed by atoms with Gasteiger partial charge in [-0.05, 0) is 19.9 Å². The van der Waals surface area contributed by atoms with Crippen molar-refractivity contribution in [2.45, 2.75) is 44.5 Å². The molecule has 1 atom stereocenters. The fourth-order valence-corrected chi connectivity index (χ4v) is 2.51. The van der Waals surface area contributed by atoms with E-state index in [2.05, 4.69) is 0 Å². The van der Waals surface area contributed by atoms with Gasteiger partial charge in [0.1, 0.15) is 11.6 Å². The first-order chi connectivity index (χ1) is 11.5. The van der Waals surface area contributed by atoms with Crippen LogP contribution in [0.4, 0.5) is 13.2 Å². The summed E-state index contributed by atoms with van der Waals surface area (Å²) in [5, 5.41) is 10.6. The lowest BCUT2D eigenvalue weighted by Gasteiger charge is -2.19. The molecule has 2 rings (SSSR count). The van der Waals surface area contributed by atoms with Crippen LogP contribution in [0.2, 0.25) is 0 Å². The number of hydrogen-bond acceptors (Lipinski definition) is 4. The number of halogens is 3. The van der Waals surface area contributed by atoms with Gasteiger partial charge in [0.05, 0.1) is 6.42 Å². The van der Waals surface area contributed by atoms with E-state index < -0.39 is 42.7 Å². The summed E-state index contributed by atoms with van der Waals surface area (Å²) in [4.78, 5) is 22.6. The molecule has 1 aliphatic heterocycles. The van der Waals surface area contributed by atoms with Crippen molar-refractivity contribution < 1.29 is 37.3 Å². The number of benzene rings is 1. The van der Waals surface area contributed by atoms with Gasteiger partial charge in [0.2, 0.25) is 0 Å². The van der Waals surface area contributed by atoms with E-state index in [1.807, 2.05) is 19.9 Å². The molecule has 0 saturated carbocycles. The van der Waals surface area contributed by atoms with E-state index in [1.165, 1.54) is 0 Å². The molecule has 0 saturated heterocycles. The van der Waals surface area contributed by atoms with Gasteiger partial charge in [-0.25, -0.2) is 4.79 Å². The quantitative estimate of drug-likeness (QED) is 0.812. The van der Waals surface area contributed by atoms with Crippen LogP contribution in [0.25, 0.3) is 0 Å². The molecule has 1 aromatic carbocycles. The van der Waals surface area contributed by atoms with E-state index in [0.717, 1.165) is 5.56 Å². The average molecular weight is 361 g/mol. The van der Waals surface area contributed by atoms with Gasteiger partial charge in [-0.1, -0.05) is 12.1 Å². The minimum Gasteiger partial charge on any atom is -0.483 e. The Morgan fingerprint density at radius 2 is 2.08 bits per heavy atom. The molecule has 2 N–H and O–H groups in total. The lowest BCUT2D eigenvalue weighted by Crippen LogP contribution is -2.45. The summed E-state index contributed by atoms with van der Waals surface area (Å²) in [6.45, 7) is 3.15. The standard InChI is InChI=1S/C16H18F3NO5/c1-15(2)6-9-4-3-5-11(13(9)25-15)24-8-12(21)20-10(14(22)23)7-16(17,18)19/h3-5,10H,6-8H2,1-2H3,(H,20,21)(H,22,23). The van der Waals surface area contributed by atoms with Gasteiger partial charge in [0.25, 0.3) is 5.91 Å². The van der Waals surface area contributed by atoms with Gasteiger partial charge in [-0.3, -0.25) is 4.79 Å². The van der Waals surface area contributed by atoms with Gasteiger partial charge in [0.15, 0.2) is 18.1 Å². The minimum atomic E-state index is -4.71. The lowest BCUT2D eigenvalue weighted by atomic mass is 10.0. The second-order valence-electron chi connectivity index (χ2n) is 6.35. The van der Waals surface area contributed by atoms with E-state index in [1.54, 1.807) is 17.4 Å². The number of alkyl halides is 3. The first-order valence-electron chi connectivity index (χ1n) is 7.49. The lowest BCUT2D eigenvalue weighted by molar-refractivity contribution is -0.160. The molecule has 0 aromatic heterocycles. The second-order valence-corrected chi connectivity index (χ2v) is 6.35. The van der Waals surface area contributed by atoms with E-state index >= 15 is 0 Å². The number of carboxylic acids is 1. The van der Waals surface area contributed by atoms with Crippen molar-refractivity contribution in [2.24, 2.45) is 0 Å². The Kier molecular flexibility index (Phi) is 5.15. The zero-order valence-corrected chi connectivity index (χ0v) is 13.6. The molecule has 1 aromatic rings. The molecule has 1 aliphatic rings. The number of hydrogen-bond donors (Lipinski definition) is 2. The maximum Gasteiger partial charge on any atom is 0.391 e. The molecule has 0 fully saturated rings. The van der Waals surface area contributed by atoms with Crippen LogP contribution in [0.15, 0.2) is 18.2 Å². The van der Waals surface area contributed by atoms with Gasteiger partial charge in [-0.2, -0.15) is 13.2 Å². The van der Waals surface area contributed by atoms with Crippen LogP contribution in [0.3, 0.4) is 0 Å². The normalized spacial score (nSPS) is 16.5. The number of rotatable bonds is 6. The Morgan fingerprint density at radius 3 is 2.68 bits per heavy atom. The van der Waals surface area contributed by atoms with Crippen LogP contribution in [-0.4, -0.2) is 41.4 Å². The summed E-state index contributed by atoms with van der Waals surface area (Å²) >= 11 is 0. The summed E-state index contributed by atoms with van der Waals surface area (Å²) in [7, 11) is 0. The summed E-state index contributed by atoms with van der Waals surface area (Å²) in [5.41, 5.74) is 0.467. The molecular formula is C16H18F3NO5. The average Bonchev–Trinajstić information content (AvgIpc) is 2.77. The number of fused-ring (bicyclic) bond motifs is 1. The molecule has 0 bridgehead atoms. The SMILES string of the molecule is CC1(C)Cc2cccc(OCC(=O)NC(CC(F)(F)F)C(=O)O)c2O1. The summed E-state index contributed by atoms with van der Waals surface area (Å²) in [6, 6.07) is 3.06. The number of carboxylic acid groups (broad SMARTS) is 1. The van der Waals surface area contributed by atoms with E-state index in [0.29, 0.717) is 12.2 Å². The first-order valence-corrected chi connectivity index (χ1v) is 7.49. The molecule has 1 unspecified atom stereocenters. The maximum atomic E-state index is 12.3. The highest BCUT2D eigenvalue weighted by Crippen LogP contribution is 2.41. The Labute approximate surface area is 141 Å². The molecule has 138 valence electrons. The third-order valence-electron chi connectivity index (χ3n) is 3.48. The predicted molar refractivity (Wildman–Crippen MR) is 80.6 cm³/mol. The maximum absolute atomic E-state index is 12.3. The van der Waals surface area contributed by atoms with Crippen LogP contribution < -0.4 is 14.8 Å². The summed E-state index contributed by atoms with van der Waals surface area (Å²) in [6.07, 6.45) is -5.72. The van der Waals surface area contributed by atoms with Crippen molar-refractivity contribution in [3.05, 3.63) is 23.8 Å². The number of aliphatic carboxylic acids is 1. The molecule has 25 heavy (non-hydrogen) atoms. The van der Waals surface area contributed by atoms with Gasteiger partial charge >= 0.3 is 12.1 Å². The molecule has 0 aliphatic carbocycles. The Bertz CT molecular complexity index is 672. The highest BCUT2D eigenvalue weighted by atomic mass is 19.4. The molecule has 1 amide bonds. The third-order valence-corrected chi connectivity index (χ3v) is 3.48. The highest BCUT2D eigenvalue weighted by Gasteiger charge is 2.36. The van der Waals surface area contributed by atoms with Gasteiger partial charge < -0.3 is 19.9 Å². The summed E-state index contributed by atoms with van der Waals surface area (Å²) < 4.78 is 48.0. The van der Waals surface area contributed by atoms with Crippen molar-refractivity contribution in [3.8, 4) is 11.5 Å². The first kappa shape index (κ1) is 18.9. The smallest absolute Gasteiger partial charge is 0.391 e. The van der Waals surface area contributed by atoms with Crippen LogP contribution >= 0.6 is 0 Å². The van der Waals surface area contributed by atoms with Crippen molar-refractivity contribution in [1.29, 1.82) is 0 Å². The van der Waals surface area contributed by atoms with Crippen LogP contribution in [-0.2, 0) is 16.0 Å². The van der Waals surface area contributed by atoms with Crippen molar-refractivity contribution >= 4 is 11.9 Å². The highest BCUT2D eigenvalue weighted by molar-refractivity contribution is 5.84. The number of nitrogens with one attached hydrogen (secondary N) is 1. The number of carbonyl (C=O) groups excluding carboxylic acids is 1. The zero-order valence-electron chi connectivity index (χ0n) is 13.6. The van der Waals surface area contributed by atoms with Gasteiger partial charge in [0, 0.05) is 12.0 Å². The predicted octanol–water partition coefficient (Wildman–Crippen LogP) is 2.30. The monoisotopic (exact) mass is 361 g/mol. The number of para-hydroxylation sites is 1. The fourth-order valence-electron chi connectivity index (χ4n) is 2.51. The van der Waals surface area contributed by atoms with Crippen molar-refractivity contribution in [1.82, 2.24) is 5.32 Å². The Hall–Kier alpha value is -2.45. The third kappa shape index (κ3) is 5.27. The molecule has 1 heterocycles. The molecular weight excluding hydrogens is 343 g/mol. The van der Waals surface area contributed by atoms with Gasteiger partial charge in [-0.15, -0.1) is 0 Å². The second kappa shape index (κ2) is 6.81. The Morgan fingerprint density at radius 1 is 1.40 bits per heavy atom. The summed E-state index contributed by atoms with van der Waals surface area (Å²) in [5.74, 6) is -1.98. The topological polar surface area (TPSA) is 84.9 Å². The zero-order chi connectivity index (χ0) is 18.8. The van der Waals surface area contributed by atoms with Crippen LogP contribution in [0, 0.1) is 0 Å². The number of carbonyl (C=O) groups is 2. The van der Waals surface area contributed by atoms with E-state index in [9.17, 15) is 22.8 Å². The molecule has 0 spiro atoms. The largest absolute Gasteiger partial charge is 0.483 e. The number of ether oxygens (including phenoxy) is 2. The van der Waals surface area contributed by atoms with E-state index in [4.69, 9.17) is 14.6 Å². The molecule has 6 nitrogen and oxygen atoms in total. The minimum absolute atomic E-state index is 0.279. The Balaban J connectivity index is 1.97. The van der Waals surface area contributed by atoms with Crippen molar-refractivity contribution in [2.75, 3.05) is 6.61 Å². The fraction of sp³-hybridized carbons (Fsp3) is 0.500.